The number of rotatable bonds is 3. The van der Waals surface area contributed by atoms with Crippen LogP contribution in [0.3, 0.4) is 0 Å². The average molecular weight is 471 g/mol. The predicted octanol–water partition coefficient (Wildman–Crippen LogP) is 5.37. The molecule has 0 bridgehead atoms. The van der Waals surface area contributed by atoms with Gasteiger partial charge in [-0.05, 0) is 68.1 Å². The van der Waals surface area contributed by atoms with E-state index in [1.807, 2.05) is 20.8 Å². The first-order chi connectivity index (χ1) is 14.9. The Labute approximate surface area is 196 Å². The van der Waals surface area contributed by atoms with Gasteiger partial charge in [0.2, 0.25) is 0 Å². The van der Waals surface area contributed by atoms with Gasteiger partial charge in [-0.25, -0.2) is 4.98 Å². The van der Waals surface area contributed by atoms with Gasteiger partial charge in [-0.2, -0.15) is 0 Å². The number of primary amides is 1. The van der Waals surface area contributed by atoms with Crippen LogP contribution in [0.15, 0.2) is 0 Å². The first-order valence-corrected chi connectivity index (χ1v) is 12.4. The summed E-state index contributed by atoms with van der Waals surface area (Å²) in [6.45, 7) is 12.7. The van der Waals surface area contributed by atoms with Crippen molar-refractivity contribution in [1.82, 2.24) is 4.98 Å². The summed E-state index contributed by atoms with van der Waals surface area (Å²) >= 11 is 2.75. The molecule has 0 aromatic carbocycles. The lowest BCUT2D eigenvalue weighted by atomic mass is 9.72. The van der Waals surface area contributed by atoms with Gasteiger partial charge in [-0.3, -0.25) is 9.59 Å². The van der Waals surface area contributed by atoms with Gasteiger partial charge in [0.05, 0.1) is 11.3 Å². The molecule has 0 spiro atoms. The number of carbonyl (C=O) groups excluding carboxylic acids is 2. The van der Waals surface area contributed by atoms with E-state index in [-0.39, 0.29) is 11.3 Å². The highest BCUT2D eigenvalue weighted by Crippen LogP contribution is 2.45. The molecule has 4 rings (SSSR count). The fourth-order valence-corrected chi connectivity index (χ4v) is 6.99. The highest BCUT2D eigenvalue weighted by atomic mass is 32.1. The number of nitrogens with two attached hydrogens (primary N) is 2. The molecule has 1 atom stereocenters. The Hall–Kier alpha value is -2.45. The summed E-state index contributed by atoms with van der Waals surface area (Å²) in [6.07, 6.45) is 2.70. The maximum Gasteiger partial charge on any atom is 0.268 e. The molecule has 3 heterocycles. The van der Waals surface area contributed by atoms with E-state index in [9.17, 15) is 9.59 Å². The second-order valence-electron chi connectivity index (χ2n) is 9.80. The second-order valence-corrected chi connectivity index (χ2v) is 11.9. The van der Waals surface area contributed by atoms with Crippen molar-refractivity contribution in [1.29, 1.82) is 0 Å². The number of nitrogen functional groups attached to an aromatic ring is 1. The van der Waals surface area contributed by atoms with Crippen LogP contribution in [0, 0.1) is 32.1 Å². The van der Waals surface area contributed by atoms with E-state index >= 15 is 0 Å². The summed E-state index contributed by atoms with van der Waals surface area (Å²) in [4.78, 5) is 32.5. The standard InChI is InChI=1S/C24H30N4O2S2/c1-10-11(2)16-18(25)19(32-22(16)27-12(10)3)21(30)28-23-17(20(26)29)14-8-7-13(24(4,5)6)9-15(14)31-23/h13H,7-9,25H2,1-6H3,(H2,26,29)(H,28,30). The van der Waals surface area contributed by atoms with Crippen LogP contribution in [0.5, 0.6) is 0 Å². The number of thiophene rings is 2. The van der Waals surface area contributed by atoms with Crippen LogP contribution in [0.2, 0.25) is 0 Å². The van der Waals surface area contributed by atoms with Gasteiger partial charge in [-0.1, -0.05) is 20.8 Å². The van der Waals surface area contributed by atoms with Crippen LogP contribution in [0.25, 0.3) is 10.2 Å². The van der Waals surface area contributed by atoms with Crippen molar-refractivity contribution in [2.75, 3.05) is 11.1 Å². The molecule has 2 amide bonds. The summed E-state index contributed by atoms with van der Waals surface area (Å²) < 4.78 is 0. The Morgan fingerprint density at radius 2 is 1.81 bits per heavy atom. The molecule has 0 radical (unpaired) electrons. The van der Waals surface area contributed by atoms with Crippen LogP contribution < -0.4 is 16.8 Å². The topological polar surface area (TPSA) is 111 Å². The van der Waals surface area contributed by atoms with Crippen LogP contribution in [-0.4, -0.2) is 16.8 Å². The molecule has 6 nitrogen and oxygen atoms in total. The molecule has 170 valence electrons. The quantitative estimate of drug-likeness (QED) is 0.478. The van der Waals surface area contributed by atoms with Gasteiger partial charge in [-0.15, -0.1) is 22.7 Å². The van der Waals surface area contributed by atoms with E-state index in [2.05, 4.69) is 31.1 Å². The maximum absolute atomic E-state index is 13.2. The molecule has 0 aliphatic heterocycles. The number of amides is 2. The Morgan fingerprint density at radius 3 is 2.44 bits per heavy atom. The Bertz CT molecular complexity index is 1260. The molecule has 32 heavy (non-hydrogen) atoms. The van der Waals surface area contributed by atoms with E-state index in [1.54, 1.807) is 0 Å². The van der Waals surface area contributed by atoms with Gasteiger partial charge in [0.1, 0.15) is 14.7 Å². The Kier molecular flexibility index (Phi) is 5.57. The molecule has 1 aliphatic rings. The van der Waals surface area contributed by atoms with Crippen LogP contribution in [0.4, 0.5) is 10.7 Å². The number of aryl methyl sites for hydroxylation is 2. The molecule has 5 N–H and O–H groups in total. The Morgan fingerprint density at radius 1 is 1.12 bits per heavy atom. The van der Waals surface area contributed by atoms with Crippen molar-refractivity contribution >= 4 is 55.4 Å². The lowest BCUT2D eigenvalue weighted by Crippen LogP contribution is -2.27. The summed E-state index contributed by atoms with van der Waals surface area (Å²) in [5.74, 6) is -0.301. The lowest BCUT2D eigenvalue weighted by molar-refractivity contribution is 0.1000. The molecular formula is C24H30N4O2S2. The second kappa shape index (κ2) is 7.85. The number of pyridine rings is 1. The van der Waals surface area contributed by atoms with Crippen LogP contribution >= 0.6 is 22.7 Å². The third kappa shape index (κ3) is 3.69. The number of fused-ring (bicyclic) bond motifs is 2. The van der Waals surface area contributed by atoms with Crippen molar-refractivity contribution in [3.05, 3.63) is 37.7 Å². The molecule has 0 fully saturated rings. The van der Waals surface area contributed by atoms with Crippen LogP contribution in [-0.2, 0) is 12.8 Å². The van der Waals surface area contributed by atoms with Crippen molar-refractivity contribution in [2.24, 2.45) is 17.1 Å². The first kappa shape index (κ1) is 22.7. The third-order valence-electron chi connectivity index (χ3n) is 6.85. The molecule has 1 aliphatic carbocycles. The maximum atomic E-state index is 13.2. The number of carbonyl (C=O) groups is 2. The molecule has 0 saturated carbocycles. The highest BCUT2D eigenvalue weighted by molar-refractivity contribution is 7.21. The van der Waals surface area contributed by atoms with Crippen molar-refractivity contribution in [3.63, 3.8) is 0 Å². The van der Waals surface area contributed by atoms with Crippen molar-refractivity contribution in [2.45, 2.75) is 60.8 Å². The Balaban J connectivity index is 1.72. The predicted molar refractivity (Wildman–Crippen MR) is 134 cm³/mol. The SMILES string of the molecule is Cc1nc2sc(C(=O)Nc3sc4c(c3C(N)=O)CCC(C(C)(C)C)C4)c(N)c2c(C)c1C. The number of anilines is 2. The van der Waals surface area contributed by atoms with Gasteiger partial charge >= 0.3 is 0 Å². The van der Waals surface area contributed by atoms with Gasteiger partial charge < -0.3 is 16.8 Å². The molecular weight excluding hydrogens is 440 g/mol. The number of nitrogens with one attached hydrogen (secondary N) is 1. The minimum absolute atomic E-state index is 0.185. The number of aromatic nitrogens is 1. The fraction of sp³-hybridized carbons (Fsp3) is 0.458. The number of hydrogen-bond acceptors (Lipinski definition) is 6. The molecule has 8 heteroatoms. The highest BCUT2D eigenvalue weighted by Gasteiger charge is 2.34. The lowest BCUT2D eigenvalue weighted by Gasteiger charge is -2.33. The fourth-order valence-electron chi connectivity index (χ4n) is 4.57. The van der Waals surface area contributed by atoms with E-state index < -0.39 is 5.91 Å². The number of nitrogens with zero attached hydrogens (tertiary/aromatic N) is 1. The molecule has 0 saturated heterocycles. The van der Waals surface area contributed by atoms with E-state index in [1.165, 1.54) is 22.7 Å². The summed E-state index contributed by atoms with van der Waals surface area (Å²) in [7, 11) is 0. The number of hydrogen-bond donors (Lipinski definition) is 3. The zero-order valence-electron chi connectivity index (χ0n) is 19.4. The van der Waals surface area contributed by atoms with E-state index in [4.69, 9.17) is 11.5 Å². The minimum atomic E-state index is -0.500. The van der Waals surface area contributed by atoms with Crippen molar-refractivity contribution in [3.8, 4) is 0 Å². The smallest absolute Gasteiger partial charge is 0.268 e. The van der Waals surface area contributed by atoms with E-state index in [0.717, 1.165) is 56.7 Å². The summed E-state index contributed by atoms with van der Waals surface area (Å²) in [5.41, 5.74) is 17.2. The zero-order valence-corrected chi connectivity index (χ0v) is 21.1. The monoisotopic (exact) mass is 470 g/mol. The first-order valence-electron chi connectivity index (χ1n) is 10.8. The van der Waals surface area contributed by atoms with Gasteiger partial charge in [0, 0.05) is 16.0 Å². The summed E-state index contributed by atoms with van der Waals surface area (Å²) in [5, 5.41) is 4.31. The van der Waals surface area contributed by atoms with Crippen molar-refractivity contribution < 1.29 is 9.59 Å². The van der Waals surface area contributed by atoms with Crippen LogP contribution in [0.1, 0.15) is 74.5 Å². The molecule has 3 aromatic rings. The van der Waals surface area contributed by atoms with Gasteiger partial charge in [0.15, 0.2) is 0 Å². The average Bonchev–Trinajstić information content (AvgIpc) is 3.22. The minimum Gasteiger partial charge on any atom is -0.397 e. The zero-order chi connectivity index (χ0) is 23.5. The molecule has 1 unspecified atom stereocenters. The van der Waals surface area contributed by atoms with E-state index in [0.29, 0.717) is 27.0 Å². The normalized spacial score (nSPS) is 16.2. The molecule has 3 aromatic heterocycles. The largest absolute Gasteiger partial charge is 0.397 e. The third-order valence-corrected chi connectivity index (χ3v) is 9.11. The summed E-state index contributed by atoms with van der Waals surface area (Å²) in [6, 6.07) is 0. The van der Waals surface area contributed by atoms with Gasteiger partial charge in [0.25, 0.3) is 11.8 Å².